The summed E-state index contributed by atoms with van der Waals surface area (Å²) in [6.45, 7) is 0. The number of hydrogen-bond acceptors (Lipinski definition) is 4. The molecule has 0 saturated carbocycles. The van der Waals surface area contributed by atoms with Gasteiger partial charge < -0.3 is 4.74 Å². The highest BCUT2D eigenvalue weighted by Gasteiger charge is 2.32. The third-order valence-corrected chi connectivity index (χ3v) is 5.08. The van der Waals surface area contributed by atoms with E-state index in [4.69, 9.17) is 4.74 Å². The number of hydrogen-bond donors (Lipinski definition) is 1. The zero-order valence-corrected chi connectivity index (χ0v) is 14.8. The second-order valence-electron chi connectivity index (χ2n) is 5.44. The van der Waals surface area contributed by atoms with Crippen molar-refractivity contribution < 1.29 is 26.3 Å². The van der Waals surface area contributed by atoms with Crippen molar-refractivity contribution in [2.24, 2.45) is 0 Å². The monoisotopic (exact) mass is 397 g/mol. The molecular formula is C17H14F3N3O3S. The SMILES string of the molecule is COc1ccccc1S(=O)(=O)Nc1cc(C(F)(F)F)ccc1-n1cccn1. The number of sulfonamides is 1. The Morgan fingerprint density at radius 1 is 1.11 bits per heavy atom. The van der Waals surface area contributed by atoms with Crippen molar-refractivity contribution in [1.29, 1.82) is 0 Å². The number of rotatable bonds is 5. The van der Waals surface area contributed by atoms with Crippen LogP contribution in [0.3, 0.4) is 0 Å². The standard InChI is InChI=1S/C17H14F3N3O3S/c1-26-15-5-2-3-6-16(15)27(24,25)22-13-11-12(17(18,19)20)7-8-14(13)23-10-4-9-21-23/h2-11,22H,1H3. The van der Waals surface area contributed by atoms with Crippen LogP contribution < -0.4 is 9.46 Å². The highest BCUT2D eigenvalue weighted by Crippen LogP contribution is 2.34. The number of halogens is 3. The number of anilines is 1. The van der Waals surface area contributed by atoms with Gasteiger partial charge in [-0.05, 0) is 36.4 Å². The first-order chi connectivity index (χ1) is 12.7. The van der Waals surface area contributed by atoms with Crippen LogP contribution in [-0.2, 0) is 16.2 Å². The summed E-state index contributed by atoms with van der Waals surface area (Å²) in [6.07, 6.45) is -1.72. The molecule has 0 spiro atoms. The average molecular weight is 397 g/mol. The number of benzene rings is 2. The maximum atomic E-state index is 13.1. The topological polar surface area (TPSA) is 73.2 Å². The van der Waals surface area contributed by atoms with Crippen molar-refractivity contribution in [3.63, 3.8) is 0 Å². The van der Waals surface area contributed by atoms with Crippen LogP contribution >= 0.6 is 0 Å². The third-order valence-electron chi connectivity index (χ3n) is 3.68. The van der Waals surface area contributed by atoms with Crippen LogP contribution in [0.2, 0.25) is 0 Å². The van der Waals surface area contributed by atoms with Crippen molar-refractivity contribution in [3.8, 4) is 11.4 Å². The van der Waals surface area contributed by atoms with Crippen LogP contribution in [0, 0.1) is 0 Å². The minimum atomic E-state index is -4.63. The van der Waals surface area contributed by atoms with E-state index >= 15 is 0 Å². The quantitative estimate of drug-likeness (QED) is 0.713. The molecule has 0 bridgehead atoms. The van der Waals surface area contributed by atoms with Crippen molar-refractivity contribution >= 4 is 15.7 Å². The lowest BCUT2D eigenvalue weighted by Gasteiger charge is -2.16. The summed E-state index contributed by atoms with van der Waals surface area (Å²) in [5.41, 5.74) is -1.11. The van der Waals surface area contributed by atoms with Crippen molar-refractivity contribution in [3.05, 3.63) is 66.5 Å². The number of nitrogens with one attached hydrogen (secondary N) is 1. The minimum absolute atomic E-state index is 0.0672. The summed E-state index contributed by atoms with van der Waals surface area (Å²) in [5.74, 6) is 0.0672. The second kappa shape index (κ2) is 6.95. The first kappa shape index (κ1) is 18.8. The Hall–Kier alpha value is -3.01. The van der Waals surface area contributed by atoms with Crippen LogP contribution in [0.4, 0.5) is 18.9 Å². The van der Waals surface area contributed by atoms with Gasteiger partial charge in [0.2, 0.25) is 0 Å². The number of alkyl halides is 3. The largest absolute Gasteiger partial charge is 0.495 e. The molecule has 0 aliphatic heterocycles. The van der Waals surface area contributed by atoms with E-state index in [1.54, 1.807) is 12.1 Å². The molecule has 6 nitrogen and oxygen atoms in total. The molecule has 3 rings (SSSR count). The minimum Gasteiger partial charge on any atom is -0.495 e. The van der Waals surface area contributed by atoms with E-state index in [1.165, 1.54) is 42.4 Å². The van der Waals surface area contributed by atoms with Gasteiger partial charge in [0.25, 0.3) is 10.0 Å². The lowest BCUT2D eigenvalue weighted by molar-refractivity contribution is -0.137. The van der Waals surface area contributed by atoms with E-state index in [2.05, 4.69) is 9.82 Å². The Kier molecular flexibility index (Phi) is 4.83. The van der Waals surface area contributed by atoms with Gasteiger partial charge in [-0.15, -0.1) is 0 Å². The van der Waals surface area contributed by atoms with Gasteiger partial charge in [-0.1, -0.05) is 12.1 Å². The number of nitrogens with zero attached hydrogens (tertiary/aromatic N) is 2. The summed E-state index contributed by atoms with van der Waals surface area (Å²) >= 11 is 0. The van der Waals surface area contributed by atoms with E-state index in [0.29, 0.717) is 0 Å². The second-order valence-corrected chi connectivity index (χ2v) is 7.09. The van der Waals surface area contributed by atoms with E-state index in [1.807, 2.05) is 0 Å². The molecule has 0 unspecified atom stereocenters. The lowest BCUT2D eigenvalue weighted by atomic mass is 10.1. The Morgan fingerprint density at radius 2 is 1.85 bits per heavy atom. The zero-order valence-electron chi connectivity index (χ0n) is 13.9. The molecule has 1 heterocycles. The van der Waals surface area contributed by atoms with E-state index < -0.39 is 21.8 Å². The predicted molar refractivity (Wildman–Crippen MR) is 92.4 cm³/mol. The first-order valence-corrected chi connectivity index (χ1v) is 9.08. The molecule has 0 saturated heterocycles. The highest BCUT2D eigenvalue weighted by atomic mass is 32.2. The van der Waals surface area contributed by atoms with Gasteiger partial charge in [0.15, 0.2) is 0 Å². The molecule has 0 amide bonds. The molecule has 0 atom stereocenters. The fourth-order valence-corrected chi connectivity index (χ4v) is 3.68. The van der Waals surface area contributed by atoms with Gasteiger partial charge in [-0.3, -0.25) is 4.72 Å². The Morgan fingerprint density at radius 3 is 2.48 bits per heavy atom. The van der Waals surface area contributed by atoms with Crippen LogP contribution in [0.5, 0.6) is 5.75 Å². The van der Waals surface area contributed by atoms with Gasteiger partial charge in [0.05, 0.1) is 24.0 Å². The normalized spacial score (nSPS) is 12.0. The Bertz CT molecular complexity index is 1050. The zero-order chi connectivity index (χ0) is 19.7. The van der Waals surface area contributed by atoms with E-state index in [9.17, 15) is 21.6 Å². The summed E-state index contributed by atoms with van der Waals surface area (Å²) < 4.78 is 73.3. The predicted octanol–water partition coefficient (Wildman–Crippen LogP) is 3.70. The van der Waals surface area contributed by atoms with Gasteiger partial charge >= 0.3 is 6.18 Å². The molecule has 27 heavy (non-hydrogen) atoms. The summed E-state index contributed by atoms with van der Waals surface area (Å²) in [7, 11) is -2.92. The molecule has 3 aromatic rings. The molecule has 0 aliphatic rings. The lowest BCUT2D eigenvalue weighted by Crippen LogP contribution is -2.17. The van der Waals surface area contributed by atoms with Crippen molar-refractivity contribution in [2.45, 2.75) is 11.1 Å². The average Bonchev–Trinajstić information content (AvgIpc) is 3.15. The summed E-state index contributed by atoms with van der Waals surface area (Å²) in [5, 5.41) is 3.95. The number of ether oxygens (including phenoxy) is 1. The van der Waals surface area contributed by atoms with Gasteiger partial charge in [-0.25, -0.2) is 13.1 Å². The molecule has 0 aliphatic carbocycles. The summed E-state index contributed by atoms with van der Waals surface area (Å²) in [4.78, 5) is -0.198. The fourth-order valence-electron chi connectivity index (χ4n) is 2.45. The molecule has 1 N–H and O–H groups in total. The number of para-hydroxylation sites is 1. The smallest absolute Gasteiger partial charge is 0.416 e. The summed E-state index contributed by atoms with van der Waals surface area (Å²) in [6, 6.07) is 10.1. The number of aromatic nitrogens is 2. The molecule has 10 heteroatoms. The molecule has 0 fully saturated rings. The van der Waals surface area contributed by atoms with Crippen LogP contribution in [0.15, 0.2) is 65.8 Å². The number of methoxy groups -OCH3 is 1. The van der Waals surface area contributed by atoms with E-state index in [-0.39, 0.29) is 22.0 Å². The van der Waals surface area contributed by atoms with Crippen LogP contribution in [0.25, 0.3) is 5.69 Å². The highest BCUT2D eigenvalue weighted by molar-refractivity contribution is 7.92. The third kappa shape index (κ3) is 3.90. The molecular weight excluding hydrogens is 383 g/mol. The molecule has 0 radical (unpaired) electrons. The molecule has 2 aromatic carbocycles. The maximum Gasteiger partial charge on any atom is 0.416 e. The molecule has 1 aromatic heterocycles. The Labute approximate surface area is 153 Å². The fraction of sp³-hybridized carbons (Fsp3) is 0.118. The van der Waals surface area contributed by atoms with Crippen molar-refractivity contribution in [2.75, 3.05) is 11.8 Å². The van der Waals surface area contributed by atoms with Gasteiger partial charge in [-0.2, -0.15) is 18.3 Å². The first-order valence-electron chi connectivity index (χ1n) is 7.59. The Balaban J connectivity index is 2.12. The van der Waals surface area contributed by atoms with Crippen LogP contribution in [0.1, 0.15) is 5.56 Å². The van der Waals surface area contributed by atoms with Crippen LogP contribution in [-0.4, -0.2) is 25.3 Å². The molecule has 142 valence electrons. The van der Waals surface area contributed by atoms with Gasteiger partial charge in [0.1, 0.15) is 10.6 Å². The van der Waals surface area contributed by atoms with E-state index in [0.717, 1.165) is 18.2 Å². The van der Waals surface area contributed by atoms with Gasteiger partial charge in [0, 0.05) is 12.4 Å². The maximum absolute atomic E-state index is 13.1. The van der Waals surface area contributed by atoms with Crippen molar-refractivity contribution in [1.82, 2.24) is 9.78 Å².